The second-order valence-electron chi connectivity index (χ2n) is 6.58. The molecule has 0 amide bonds. The fraction of sp³-hybridized carbons (Fsp3) is 0.444. The van der Waals surface area contributed by atoms with Crippen LogP contribution in [0.1, 0.15) is 32.1 Å². The van der Waals surface area contributed by atoms with Gasteiger partial charge in [0.15, 0.2) is 0 Å². The zero-order chi connectivity index (χ0) is 16.6. The van der Waals surface area contributed by atoms with Gasteiger partial charge in [0, 0.05) is 30.6 Å². The van der Waals surface area contributed by atoms with Crippen molar-refractivity contribution in [2.24, 2.45) is 10.3 Å². The van der Waals surface area contributed by atoms with Crippen LogP contribution in [0.5, 0.6) is 0 Å². The highest BCUT2D eigenvalue weighted by Crippen LogP contribution is 2.32. The molecule has 6 heteroatoms. The van der Waals surface area contributed by atoms with Crippen LogP contribution in [0, 0.1) is 5.92 Å². The van der Waals surface area contributed by atoms with Crippen molar-refractivity contribution in [3.05, 3.63) is 36.5 Å². The largest absolute Gasteiger partial charge is 0.359 e. The van der Waals surface area contributed by atoms with E-state index in [1.807, 2.05) is 18.2 Å². The van der Waals surface area contributed by atoms with Gasteiger partial charge in [-0.25, -0.2) is 0 Å². The highest BCUT2D eigenvalue weighted by atomic mass is 32.2. The fourth-order valence-corrected chi connectivity index (χ4v) is 4.73. The molecule has 2 aliphatic rings. The van der Waals surface area contributed by atoms with Crippen molar-refractivity contribution in [1.82, 2.24) is 9.88 Å². The third kappa shape index (κ3) is 2.79. The van der Waals surface area contributed by atoms with Gasteiger partial charge in [0.2, 0.25) is 0 Å². The smallest absolute Gasteiger partial charge is 0.286 e. The average molecular weight is 343 g/mol. The molecule has 1 aliphatic heterocycles. The molecule has 2 fully saturated rings. The number of para-hydroxylation sites is 1. The van der Waals surface area contributed by atoms with E-state index in [4.69, 9.17) is 0 Å². The molecular weight excluding hydrogens is 322 g/mol. The number of pyridine rings is 1. The van der Waals surface area contributed by atoms with Crippen molar-refractivity contribution >= 4 is 26.8 Å². The number of sulfonamides is 1. The standard InChI is InChI=1S/C18H21N3O2S/c22-24(23,16-10-4-6-14-9-5-11-19-17(14)16)20-18(15-7-3-8-15)21-12-1-2-13-21/h4-6,9-11,15H,1-3,7-8,12-13H2/b20-18-. The van der Waals surface area contributed by atoms with Gasteiger partial charge in [0.25, 0.3) is 10.0 Å². The van der Waals surface area contributed by atoms with Crippen LogP contribution in [0.15, 0.2) is 45.8 Å². The van der Waals surface area contributed by atoms with Gasteiger partial charge in [0.05, 0.1) is 5.52 Å². The van der Waals surface area contributed by atoms with Gasteiger partial charge in [-0.1, -0.05) is 24.6 Å². The highest BCUT2D eigenvalue weighted by Gasteiger charge is 2.31. The number of rotatable bonds is 3. The lowest BCUT2D eigenvalue weighted by Gasteiger charge is -2.32. The van der Waals surface area contributed by atoms with E-state index in [2.05, 4.69) is 14.3 Å². The molecule has 1 aromatic heterocycles. The molecule has 0 unspecified atom stereocenters. The number of aromatic nitrogens is 1. The molecule has 4 rings (SSSR count). The Kier molecular flexibility index (Phi) is 4.00. The Morgan fingerprint density at radius 1 is 1.08 bits per heavy atom. The second kappa shape index (κ2) is 6.16. The van der Waals surface area contributed by atoms with E-state index in [0.29, 0.717) is 11.4 Å². The number of fused-ring (bicyclic) bond motifs is 1. The molecule has 1 saturated heterocycles. The van der Waals surface area contributed by atoms with E-state index in [0.717, 1.165) is 56.4 Å². The predicted octanol–water partition coefficient (Wildman–Crippen LogP) is 3.22. The molecule has 1 aliphatic carbocycles. The summed E-state index contributed by atoms with van der Waals surface area (Å²) in [5.74, 6) is 1.06. The zero-order valence-corrected chi connectivity index (χ0v) is 14.4. The van der Waals surface area contributed by atoms with Crippen molar-refractivity contribution in [2.45, 2.75) is 37.0 Å². The Morgan fingerprint density at radius 2 is 1.83 bits per heavy atom. The molecule has 24 heavy (non-hydrogen) atoms. The lowest BCUT2D eigenvalue weighted by molar-refractivity contribution is 0.363. The Balaban J connectivity index is 1.80. The summed E-state index contributed by atoms with van der Waals surface area (Å²) < 4.78 is 30.3. The van der Waals surface area contributed by atoms with Crippen molar-refractivity contribution in [1.29, 1.82) is 0 Å². The van der Waals surface area contributed by atoms with E-state index >= 15 is 0 Å². The van der Waals surface area contributed by atoms with Crippen LogP contribution in [0.2, 0.25) is 0 Å². The van der Waals surface area contributed by atoms with E-state index in [-0.39, 0.29) is 4.90 Å². The minimum Gasteiger partial charge on any atom is -0.359 e. The van der Waals surface area contributed by atoms with Gasteiger partial charge in [-0.3, -0.25) is 4.98 Å². The van der Waals surface area contributed by atoms with E-state index < -0.39 is 10.0 Å². The first-order chi connectivity index (χ1) is 11.6. The number of benzene rings is 1. The summed E-state index contributed by atoms with van der Waals surface area (Å²) in [6.07, 6.45) is 7.09. The summed E-state index contributed by atoms with van der Waals surface area (Å²) in [6.45, 7) is 1.83. The second-order valence-corrected chi connectivity index (χ2v) is 8.15. The number of amidine groups is 1. The quantitative estimate of drug-likeness (QED) is 0.634. The van der Waals surface area contributed by atoms with Crippen molar-refractivity contribution < 1.29 is 8.42 Å². The topological polar surface area (TPSA) is 62.6 Å². The van der Waals surface area contributed by atoms with Crippen LogP contribution in [-0.4, -0.2) is 37.2 Å². The van der Waals surface area contributed by atoms with E-state index in [1.165, 1.54) is 0 Å². The normalized spacial score (nSPS) is 19.7. The summed E-state index contributed by atoms with van der Waals surface area (Å²) in [5, 5.41) is 0.820. The van der Waals surface area contributed by atoms with E-state index in [9.17, 15) is 8.42 Å². The summed E-state index contributed by atoms with van der Waals surface area (Å²) in [6, 6.07) is 8.92. The van der Waals surface area contributed by atoms with Crippen LogP contribution in [0.4, 0.5) is 0 Å². The lowest BCUT2D eigenvalue weighted by Crippen LogP contribution is -2.37. The minimum atomic E-state index is -3.76. The third-order valence-corrected chi connectivity index (χ3v) is 6.30. The van der Waals surface area contributed by atoms with Crippen LogP contribution in [-0.2, 0) is 10.0 Å². The zero-order valence-electron chi connectivity index (χ0n) is 13.6. The summed E-state index contributed by atoms with van der Waals surface area (Å²) in [4.78, 5) is 6.64. The van der Waals surface area contributed by atoms with Crippen molar-refractivity contribution in [2.75, 3.05) is 13.1 Å². The molecular formula is C18H21N3O2S. The molecule has 2 aromatic rings. The Hall–Kier alpha value is -1.95. The molecule has 0 spiro atoms. The first kappa shape index (κ1) is 15.6. The third-order valence-electron chi connectivity index (χ3n) is 4.99. The number of hydrogen-bond acceptors (Lipinski definition) is 3. The van der Waals surface area contributed by atoms with Gasteiger partial charge in [-0.15, -0.1) is 4.40 Å². The molecule has 0 radical (unpaired) electrons. The minimum absolute atomic E-state index is 0.205. The summed E-state index contributed by atoms with van der Waals surface area (Å²) in [7, 11) is -3.76. The van der Waals surface area contributed by atoms with Crippen molar-refractivity contribution in [3.8, 4) is 0 Å². The SMILES string of the molecule is O=S(=O)(/N=C(/C1CCC1)N1CCCC1)c1cccc2cccnc12. The Labute approximate surface area is 142 Å². The highest BCUT2D eigenvalue weighted by molar-refractivity contribution is 7.90. The molecule has 1 aromatic carbocycles. The number of likely N-dealkylation sites (tertiary alicyclic amines) is 1. The Bertz CT molecular complexity index is 877. The lowest BCUT2D eigenvalue weighted by atomic mass is 9.84. The molecule has 0 atom stereocenters. The van der Waals surface area contributed by atoms with Crippen LogP contribution < -0.4 is 0 Å². The maximum absolute atomic E-state index is 13.0. The predicted molar refractivity (Wildman–Crippen MR) is 94.5 cm³/mol. The molecule has 0 bridgehead atoms. The van der Waals surface area contributed by atoms with Crippen LogP contribution >= 0.6 is 0 Å². The maximum Gasteiger partial charge on any atom is 0.286 e. The van der Waals surface area contributed by atoms with Crippen molar-refractivity contribution in [3.63, 3.8) is 0 Å². The maximum atomic E-state index is 13.0. The average Bonchev–Trinajstić information content (AvgIpc) is 3.06. The number of nitrogens with zero attached hydrogens (tertiary/aromatic N) is 3. The first-order valence-electron chi connectivity index (χ1n) is 8.59. The fourth-order valence-electron chi connectivity index (χ4n) is 3.46. The Morgan fingerprint density at radius 3 is 2.54 bits per heavy atom. The van der Waals surface area contributed by atoms with Gasteiger partial charge in [-0.2, -0.15) is 8.42 Å². The van der Waals surface area contributed by atoms with Gasteiger partial charge in [-0.05, 0) is 37.8 Å². The first-order valence-corrected chi connectivity index (χ1v) is 10.0. The van der Waals surface area contributed by atoms with Crippen LogP contribution in [0.25, 0.3) is 10.9 Å². The molecule has 0 N–H and O–H groups in total. The van der Waals surface area contributed by atoms with Gasteiger partial charge >= 0.3 is 0 Å². The summed E-state index contributed by atoms with van der Waals surface area (Å²) >= 11 is 0. The molecule has 1 saturated carbocycles. The van der Waals surface area contributed by atoms with Gasteiger partial charge in [0.1, 0.15) is 10.7 Å². The van der Waals surface area contributed by atoms with E-state index in [1.54, 1.807) is 18.3 Å². The summed E-state index contributed by atoms with van der Waals surface area (Å²) in [5.41, 5.74) is 0.498. The molecule has 2 heterocycles. The molecule has 126 valence electrons. The number of hydrogen-bond donors (Lipinski definition) is 0. The monoisotopic (exact) mass is 343 g/mol. The van der Waals surface area contributed by atoms with Crippen LogP contribution in [0.3, 0.4) is 0 Å². The van der Waals surface area contributed by atoms with Gasteiger partial charge < -0.3 is 4.90 Å². The molecule has 5 nitrogen and oxygen atoms in total.